The van der Waals surface area contributed by atoms with E-state index >= 15 is 0 Å². The quantitative estimate of drug-likeness (QED) is 0.709. The van der Waals surface area contributed by atoms with Crippen LogP contribution < -0.4 is 14.8 Å². The van der Waals surface area contributed by atoms with Gasteiger partial charge in [-0.2, -0.15) is 0 Å². The zero-order chi connectivity index (χ0) is 12.8. The van der Waals surface area contributed by atoms with Gasteiger partial charge in [0.1, 0.15) is 0 Å². The molecule has 1 rings (SSSR count). The molecule has 0 aromatic heterocycles. The molecule has 0 fully saturated rings. The maximum atomic E-state index is 11.0. The molecule has 1 unspecified atom stereocenters. The van der Waals surface area contributed by atoms with Crippen molar-refractivity contribution in [3.63, 3.8) is 0 Å². The van der Waals surface area contributed by atoms with Crippen LogP contribution in [0.3, 0.4) is 0 Å². The van der Waals surface area contributed by atoms with Crippen molar-refractivity contribution >= 4 is 12.4 Å². The molecule has 0 heterocycles. The number of carbonyl (C=O) groups is 2. The molecule has 1 amide bonds. The van der Waals surface area contributed by atoms with Crippen molar-refractivity contribution in [1.82, 2.24) is 5.32 Å². The predicted octanol–water partition coefficient (Wildman–Crippen LogP) is 0.575. The minimum Gasteiger partial charge on any atom is -0.493 e. The van der Waals surface area contributed by atoms with Crippen LogP contribution in [-0.4, -0.2) is 31.7 Å². The summed E-state index contributed by atoms with van der Waals surface area (Å²) >= 11 is 0. The smallest absolute Gasteiger partial charge is 0.330 e. The molecule has 0 aliphatic carbocycles. The van der Waals surface area contributed by atoms with Crippen molar-refractivity contribution in [3.8, 4) is 11.5 Å². The lowest BCUT2D eigenvalue weighted by molar-refractivity contribution is -0.140. The predicted molar refractivity (Wildman–Crippen MR) is 59.1 cm³/mol. The summed E-state index contributed by atoms with van der Waals surface area (Å²) in [5.41, 5.74) is 0.405. The van der Waals surface area contributed by atoms with Crippen molar-refractivity contribution in [2.24, 2.45) is 0 Å². The average Bonchev–Trinajstić information content (AvgIpc) is 2.34. The number of ether oxygens (including phenoxy) is 2. The molecule has 0 saturated heterocycles. The van der Waals surface area contributed by atoms with E-state index in [-0.39, 0.29) is 0 Å². The van der Waals surface area contributed by atoms with Crippen molar-refractivity contribution in [3.05, 3.63) is 23.8 Å². The Bertz CT molecular complexity index is 418. The number of nitrogens with one attached hydrogen (secondary N) is 1. The Balaban J connectivity index is 3.12. The highest BCUT2D eigenvalue weighted by atomic mass is 16.5. The SMILES string of the molecule is COc1ccc(C(NC=O)C(=O)O)cc1OC. The standard InChI is InChI=1S/C11H13NO5/c1-16-8-4-3-7(5-9(8)17-2)10(11(14)15)12-6-13/h3-6,10H,1-2H3,(H,12,13)(H,14,15). The fraction of sp³-hybridized carbons (Fsp3) is 0.273. The van der Waals surface area contributed by atoms with E-state index in [0.29, 0.717) is 23.5 Å². The summed E-state index contributed by atoms with van der Waals surface area (Å²) in [5.74, 6) is -0.250. The van der Waals surface area contributed by atoms with Crippen LogP contribution in [0, 0.1) is 0 Å². The number of rotatable bonds is 6. The first-order chi connectivity index (χ1) is 8.13. The van der Waals surface area contributed by atoms with Crippen LogP contribution in [0.5, 0.6) is 11.5 Å². The molecule has 0 bridgehead atoms. The monoisotopic (exact) mass is 239 g/mol. The summed E-state index contributed by atoms with van der Waals surface area (Å²) in [7, 11) is 2.93. The highest BCUT2D eigenvalue weighted by Crippen LogP contribution is 2.29. The molecule has 17 heavy (non-hydrogen) atoms. The zero-order valence-corrected chi connectivity index (χ0v) is 9.47. The van der Waals surface area contributed by atoms with Gasteiger partial charge >= 0.3 is 5.97 Å². The molecule has 0 saturated carbocycles. The highest BCUT2D eigenvalue weighted by molar-refractivity contribution is 5.78. The fourth-order valence-corrected chi connectivity index (χ4v) is 1.41. The Kier molecular flexibility index (Phi) is 4.33. The van der Waals surface area contributed by atoms with E-state index in [9.17, 15) is 9.59 Å². The van der Waals surface area contributed by atoms with Gasteiger partial charge in [0.15, 0.2) is 17.5 Å². The van der Waals surface area contributed by atoms with Crippen LogP contribution in [0.2, 0.25) is 0 Å². The summed E-state index contributed by atoms with van der Waals surface area (Å²) in [4.78, 5) is 21.3. The van der Waals surface area contributed by atoms with Crippen LogP contribution in [0.1, 0.15) is 11.6 Å². The zero-order valence-electron chi connectivity index (χ0n) is 9.47. The second-order valence-corrected chi connectivity index (χ2v) is 3.17. The minimum absolute atomic E-state index is 0.343. The number of carboxylic acids is 1. The number of methoxy groups -OCH3 is 2. The Labute approximate surface area is 98.2 Å². The molecular formula is C11H13NO5. The van der Waals surface area contributed by atoms with Crippen molar-refractivity contribution in [2.75, 3.05) is 14.2 Å². The number of carbonyl (C=O) groups excluding carboxylic acids is 1. The van der Waals surface area contributed by atoms with Crippen molar-refractivity contribution in [1.29, 1.82) is 0 Å². The molecule has 92 valence electrons. The topological polar surface area (TPSA) is 84.9 Å². The van der Waals surface area contributed by atoms with E-state index in [1.165, 1.54) is 20.3 Å². The number of aliphatic carboxylic acids is 1. The van der Waals surface area contributed by atoms with Crippen LogP contribution in [0.15, 0.2) is 18.2 Å². The fourth-order valence-electron chi connectivity index (χ4n) is 1.41. The minimum atomic E-state index is -1.15. The number of hydrogen-bond acceptors (Lipinski definition) is 4. The molecule has 1 aromatic carbocycles. The van der Waals surface area contributed by atoms with Gasteiger partial charge in [-0.25, -0.2) is 4.79 Å². The maximum absolute atomic E-state index is 11.0. The molecule has 0 aliphatic heterocycles. The molecule has 1 atom stereocenters. The number of amides is 1. The maximum Gasteiger partial charge on any atom is 0.330 e. The van der Waals surface area contributed by atoms with Gasteiger partial charge in [-0.3, -0.25) is 4.79 Å². The summed E-state index contributed by atoms with van der Waals surface area (Å²) in [5, 5.41) is 11.2. The molecule has 0 spiro atoms. The van der Waals surface area contributed by atoms with Crippen LogP contribution in [0.4, 0.5) is 0 Å². The summed E-state index contributed by atoms with van der Waals surface area (Å²) in [6, 6.07) is 3.54. The first-order valence-electron chi connectivity index (χ1n) is 4.78. The second-order valence-electron chi connectivity index (χ2n) is 3.17. The van der Waals surface area contributed by atoms with Gasteiger partial charge in [0.25, 0.3) is 0 Å². The van der Waals surface area contributed by atoms with Crippen LogP contribution in [-0.2, 0) is 9.59 Å². The molecule has 1 aromatic rings. The van der Waals surface area contributed by atoms with Crippen LogP contribution in [0.25, 0.3) is 0 Å². The number of benzene rings is 1. The Morgan fingerprint density at radius 1 is 1.35 bits per heavy atom. The summed E-state index contributed by atoms with van der Waals surface area (Å²) < 4.78 is 10.1. The lowest BCUT2D eigenvalue weighted by Crippen LogP contribution is -2.27. The normalized spacial score (nSPS) is 11.4. The third-order valence-electron chi connectivity index (χ3n) is 2.22. The van der Waals surface area contributed by atoms with E-state index in [1.807, 2.05) is 0 Å². The largest absolute Gasteiger partial charge is 0.493 e. The Morgan fingerprint density at radius 3 is 2.47 bits per heavy atom. The van der Waals surface area contributed by atoms with Gasteiger partial charge in [-0.1, -0.05) is 6.07 Å². The van der Waals surface area contributed by atoms with Gasteiger partial charge in [-0.05, 0) is 17.7 Å². The molecule has 6 heteroatoms. The molecule has 0 aliphatic rings. The van der Waals surface area contributed by atoms with E-state index < -0.39 is 12.0 Å². The van der Waals surface area contributed by atoms with Crippen molar-refractivity contribution in [2.45, 2.75) is 6.04 Å². The summed E-state index contributed by atoms with van der Waals surface area (Å²) in [6.45, 7) is 0. The van der Waals surface area contributed by atoms with E-state index in [4.69, 9.17) is 14.6 Å². The summed E-state index contributed by atoms with van der Waals surface area (Å²) in [6.07, 6.45) is 0.343. The van der Waals surface area contributed by atoms with Gasteiger partial charge in [-0.15, -0.1) is 0 Å². The Hall–Kier alpha value is -2.24. The van der Waals surface area contributed by atoms with Gasteiger partial charge in [0.05, 0.1) is 14.2 Å². The average molecular weight is 239 g/mol. The number of carboxylic acid groups (broad SMARTS) is 1. The van der Waals surface area contributed by atoms with Gasteiger partial charge in [0, 0.05) is 0 Å². The number of hydrogen-bond donors (Lipinski definition) is 2. The lowest BCUT2D eigenvalue weighted by atomic mass is 10.1. The van der Waals surface area contributed by atoms with Crippen LogP contribution >= 0.6 is 0 Å². The third-order valence-corrected chi connectivity index (χ3v) is 2.22. The lowest BCUT2D eigenvalue weighted by Gasteiger charge is -2.14. The van der Waals surface area contributed by atoms with E-state index in [0.717, 1.165) is 0 Å². The van der Waals surface area contributed by atoms with Gasteiger partial charge < -0.3 is 19.9 Å². The van der Waals surface area contributed by atoms with Gasteiger partial charge in [0.2, 0.25) is 6.41 Å². The van der Waals surface area contributed by atoms with Crippen molar-refractivity contribution < 1.29 is 24.2 Å². The highest BCUT2D eigenvalue weighted by Gasteiger charge is 2.20. The second kappa shape index (κ2) is 5.74. The molecule has 0 radical (unpaired) electrons. The molecule has 6 nitrogen and oxygen atoms in total. The first-order valence-corrected chi connectivity index (χ1v) is 4.78. The van der Waals surface area contributed by atoms with E-state index in [2.05, 4.69) is 5.32 Å². The Morgan fingerprint density at radius 2 is 2.00 bits per heavy atom. The molecular weight excluding hydrogens is 226 g/mol. The third kappa shape index (κ3) is 2.87. The first kappa shape index (κ1) is 12.8. The van der Waals surface area contributed by atoms with E-state index in [1.54, 1.807) is 12.1 Å². The molecule has 2 N–H and O–H groups in total.